The van der Waals surface area contributed by atoms with Crippen LogP contribution in [0.3, 0.4) is 0 Å². The first-order valence-electron chi connectivity index (χ1n) is 13.1. The molecule has 0 radical (unpaired) electrons. The van der Waals surface area contributed by atoms with Crippen LogP contribution in [0.15, 0.2) is 12.4 Å². The molecule has 0 saturated carbocycles. The summed E-state index contributed by atoms with van der Waals surface area (Å²) in [5, 5.41) is 10.6. The van der Waals surface area contributed by atoms with Gasteiger partial charge in [0, 0.05) is 35.6 Å². The number of halogens is 2. The van der Waals surface area contributed by atoms with Crippen molar-refractivity contribution in [3.05, 3.63) is 40.7 Å². The van der Waals surface area contributed by atoms with Gasteiger partial charge in [0.25, 0.3) is 0 Å². The number of unbranched alkanes of at least 4 members (excludes halogenated alkanes) is 1. The van der Waals surface area contributed by atoms with E-state index < -0.39 is 11.6 Å². The van der Waals surface area contributed by atoms with E-state index >= 15 is 4.39 Å². The van der Waals surface area contributed by atoms with E-state index in [0.29, 0.717) is 16.9 Å². The maximum absolute atomic E-state index is 16.1. The highest BCUT2D eigenvalue weighted by Gasteiger charge is 2.30. The van der Waals surface area contributed by atoms with Gasteiger partial charge in [-0.05, 0) is 24.0 Å². The molecule has 2 aliphatic rings. The van der Waals surface area contributed by atoms with E-state index in [0.717, 1.165) is 49.0 Å². The summed E-state index contributed by atoms with van der Waals surface area (Å²) in [6.07, 6.45) is 7.41. The topological polar surface area (TPSA) is 101 Å². The molecule has 1 fully saturated rings. The van der Waals surface area contributed by atoms with Gasteiger partial charge < -0.3 is 15.4 Å². The van der Waals surface area contributed by atoms with Gasteiger partial charge in [-0.3, -0.25) is 4.98 Å². The molecule has 6 rings (SSSR count). The SMILES string of the molecule is C.CC.CCCC.N#Cc1c(N)sc2c(F)cnc(-c3c4c(c5cnc(N6CCCC6)nc5c3F)COC4)c12. The molecule has 0 atom stereocenters. The molecule has 7 nitrogen and oxygen atoms in total. The van der Waals surface area contributed by atoms with Crippen molar-refractivity contribution in [1.29, 1.82) is 5.26 Å². The Morgan fingerprint density at radius 2 is 1.74 bits per heavy atom. The van der Waals surface area contributed by atoms with Gasteiger partial charge >= 0.3 is 0 Å². The maximum Gasteiger partial charge on any atom is 0.225 e. The summed E-state index contributed by atoms with van der Waals surface area (Å²) in [6, 6.07) is 2.02. The number of nitrogen functional groups attached to an aromatic ring is 1. The molecule has 3 aromatic heterocycles. The molecular weight excluding hydrogens is 518 g/mol. The molecule has 5 heterocycles. The van der Waals surface area contributed by atoms with Crippen LogP contribution in [0.5, 0.6) is 0 Å². The summed E-state index contributed by atoms with van der Waals surface area (Å²) >= 11 is 0.955. The highest BCUT2D eigenvalue weighted by Crippen LogP contribution is 2.45. The van der Waals surface area contributed by atoms with Crippen LogP contribution >= 0.6 is 11.3 Å². The minimum Gasteiger partial charge on any atom is -0.389 e. The summed E-state index contributed by atoms with van der Waals surface area (Å²) in [5.41, 5.74) is 7.98. The number of fused-ring (bicyclic) bond motifs is 4. The van der Waals surface area contributed by atoms with E-state index in [-0.39, 0.29) is 58.1 Å². The fourth-order valence-electron chi connectivity index (χ4n) is 4.61. The Morgan fingerprint density at radius 3 is 2.38 bits per heavy atom. The highest BCUT2D eigenvalue weighted by molar-refractivity contribution is 7.23. The van der Waals surface area contributed by atoms with Gasteiger partial charge in [0.05, 0.1) is 35.4 Å². The molecule has 1 aromatic carbocycles. The van der Waals surface area contributed by atoms with Crippen molar-refractivity contribution in [3.63, 3.8) is 0 Å². The quantitative estimate of drug-likeness (QED) is 0.276. The zero-order valence-electron chi connectivity index (χ0n) is 22.2. The van der Waals surface area contributed by atoms with E-state index in [9.17, 15) is 9.65 Å². The fraction of sp³-hybridized carbons (Fsp3) is 0.448. The number of pyridine rings is 1. The van der Waals surface area contributed by atoms with Crippen molar-refractivity contribution in [1.82, 2.24) is 15.0 Å². The van der Waals surface area contributed by atoms with E-state index in [4.69, 9.17) is 10.5 Å². The van der Waals surface area contributed by atoms with Gasteiger partial charge in [0.1, 0.15) is 16.6 Å². The van der Waals surface area contributed by atoms with Gasteiger partial charge in [0.2, 0.25) is 5.95 Å². The van der Waals surface area contributed by atoms with Crippen LogP contribution in [0.25, 0.3) is 32.2 Å². The van der Waals surface area contributed by atoms with E-state index in [1.165, 1.54) is 12.8 Å². The Kier molecular flexibility index (Phi) is 10.1. The molecule has 0 unspecified atom stereocenters. The standard InChI is InChI=1S/C22H16F2N6OS.C4H10.C2H6.CH4/c23-14-7-27-19(16-10(5-25)21(26)32-20(14)16)15-13-9-31-8-12(13)11-6-28-22(29-18(11)17(15)24)30-3-1-2-4-30;1-3-4-2;1-2;/h6-7H,1-4,8-9,26H2;3-4H2,1-2H3;1-2H3;1H4. The Hall–Kier alpha value is -3.42. The molecule has 2 N–H and O–H groups in total. The first kappa shape index (κ1) is 30.1. The molecule has 2 aliphatic heterocycles. The number of nitrogens with two attached hydrogens (primary N) is 1. The number of hydrogen-bond donors (Lipinski definition) is 1. The molecule has 0 aliphatic carbocycles. The van der Waals surface area contributed by atoms with Crippen LogP contribution < -0.4 is 10.6 Å². The number of nitriles is 1. The zero-order chi connectivity index (χ0) is 27.4. The highest BCUT2D eigenvalue weighted by atomic mass is 32.1. The van der Waals surface area contributed by atoms with Crippen molar-refractivity contribution >= 4 is 43.3 Å². The van der Waals surface area contributed by atoms with Crippen LogP contribution in [0, 0.1) is 23.0 Å². The molecule has 10 heteroatoms. The minimum absolute atomic E-state index is 0. The second-order valence-electron chi connectivity index (χ2n) is 8.88. The first-order valence-corrected chi connectivity index (χ1v) is 13.9. The number of aromatic nitrogens is 3. The second kappa shape index (κ2) is 13.1. The average Bonchev–Trinajstić information content (AvgIpc) is 3.71. The van der Waals surface area contributed by atoms with Crippen LogP contribution in [0.4, 0.5) is 19.7 Å². The zero-order valence-corrected chi connectivity index (χ0v) is 23.0. The fourth-order valence-corrected chi connectivity index (χ4v) is 5.53. The molecule has 0 bridgehead atoms. The summed E-state index contributed by atoms with van der Waals surface area (Å²) in [6.45, 7) is 10.5. The number of rotatable bonds is 3. The number of nitrogens with zero attached hydrogens (tertiary/aromatic N) is 5. The molecule has 1 saturated heterocycles. The number of ether oxygens (including phenoxy) is 1. The molecule has 0 amide bonds. The van der Waals surface area contributed by atoms with Crippen molar-refractivity contribution in [3.8, 4) is 17.3 Å². The number of benzene rings is 1. The van der Waals surface area contributed by atoms with Crippen molar-refractivity contribution in [2.75, 3.05) is 23.7 Å². The third-order valence-electron chi connectivity index (χ3n) is 6.62. The molecular formula is C29H36F2N6OS. The Balaban J connectivity index is 0.000000553. The van der Waals surface area contributed by atoms with Gasteiger partial charge in [-0.15, -0.1) is 11.3 Å². The Bertz CT molecular complexity index is 1510. The van der Waals surface area contributed by atoms with Gasteiger partial charge in [-0.2, -0.15) is 5.26 Å². The lowest BCUT2D eigenvalue weighted by Gasteiger charge is -2.17. The summed E-state index contributed by atoms with van der Waals surface area (Å²) in [4.78, 5) is 15.3. The predicted octanol–water partition coefficient (Wildman–Crippen LogP) is 7.74. The van der Waals surface area contributed by atoms with E-state index in [1.54, 1.807) is 6.20 Å². The van der Waals surface area contributed by atoms with Crippen LogP contribution in [-0.4, -0.2) is 28.0 Å². The third-order valence-corrected chi connectivity index (χ3v) is 7.65. The van der Waals surface area contributed by atoms with Crippen LogP contribution in [0.1, 0.15) is 77.5 Å². The first-order chi connectivity index (χ1) is 18.5. The summed E-state index contributed by atoms with van der Waals surface area (Å²) in [7, 11) is 0. The van der Waals surface area contributed by atoms with Gasteiger partial charge in [0.15, 0.2) is 11.6 Å². The predicted molar refractivity (Wildman–Crippen MR) is 156 cm³/mol. The average molecular weight is 555 g/mol. The lowest BCUT2D eigenvalue weighted by molar-refractivity contribution is 0.135. The van der Waals surface area contributed by atoms with Crippen LogP contribution in [0.2, 0.25) is 0 Å². The lowest BCUT2D eigenvalue weighted by atomic mass is 9.94. The number of thiophene rings is 1. The van der Waals surface area contributed by atoms with Crippen molar-refractivity contribution < 1.29 is 13.5 Å². The maximum atomic E-state index is 16.1. The normalized spacial score (nSPS) is 13.7. The Labute approximate surface area is 232 Å². The molecule has 208 valence electrons. The monoisotopic (exact) mass is 554 g/mol. The molecule has 39 heavy (non-hydrogen) atoms. The molecule has 0 spiro atoms. The summed E-state index contributed by atoms with van der Waals surface area (Å²) < 4.78 is 36.5. The largest absolute Gasteiger partial charge is 0.389 e. The number of hydrogen-bond acceptors (Lipinski definition) is 8. The lowest BCUT2D eigenvalue weighted by Crippen LogP contribution is -2.20. The Morgan fingerprint density at radius 1 is 1.08 bits per heavy atom. The van der Waals surface area contributed by atoms with E-state index in [1.807, 2.05) is 24.8 Å². The number of anilines is 2. The van der Waals surface area contributed by atoms with Crippen molar-refractivity contribution in [2.24, 2.45) is 0 Å². The van der Waals surface area contributed by atoms with Gasteiger partial charge in [-0.1, -0.05) is 48.0 Å². The molecule has 4 aromatic rings. The second-order valence-corrected chi connectivity index (χ2v) is 9.93. The minimum atomic E-state index is -0.602. The van der Waals surface area contributed by atoms with Gasteiger partial charge in [-0.25, -0.2) is 18.7 Å². The smallest absolute Gasteiger partial charge is 0.225 e. The van der Waals surface area contributed by atoms with E-state index in [2.05, 4.69) is 28.8 Å². The van der Waals surface area contributed by atoms with Crippen molar-refractivity contribution in [2.45, 2.75) is 74.0 Å². The third kappa shape index (κ3) is 5.38. The van der Waals surface area contributed by atoms with Crippen LogP contribution in [-0.2, 0) is 18.0 Å². The summed E-state index contributed by atoms with van der Waals surface area (Å²) in [5.74, 6) is -0.704.